The first-order chi connectivity index (χ1) is 30.5. The number of fused-ring (bicyclic) bond motifs is 6. The fourth-order valence-corrected chi connectivity index (χ4v) is 15.6. The molecule has 1 spiro atoms. The monoisotopic (exact) mass is 916 g/mol. The molecule has 6 heterocycles. The highest BCUT2D eigenvalue weighted by Gasteiger charge is 2.80. The summed E-state index contributed by atoms with van der Waals surface area (Å²) in [7, 11) is 9.74. The van der Waals surface area contributed by atoms with E-state index in [0.29, 0.717) is 87.8 Å². The standard InChI is InChI=1S/C49H64N4O9S2/c1-10-45(57)24-30-25-48(43(55)60-8,39-32(15-19-52(26-30)27-45)33-21-31(64-63-28(3)4)13-14-36(33)50-39)35-22-34-37(23-38(35)59-7)51(6)41-47(34)17-20-53-18-12-16-46(11-2,40(47)53)42(62-29(5)54)49(41,58)44(56)61-9/h12-14,16,21-23,28,30,40-42,50,57-58H,10-11,15,17-20,24-27H2,1-9H3/t30-,40+,41-,42-,45+,46-,47-,48+,49+/m1/s1. The van der Waals surface area contributed by atoms with Crippen LogP contribution in [0.25, 0.3) is 10.9 Å². The summed E-state index contributed by atoms with van der Waals surface area (Å²) in [6, 6.07) is 9.29. The number of hydrogen-bond acceptors (Lipinski definition) is 14. The van der Waals surface area contributed by atoms with Gasteiger partial charge in [-0.1, -0.05) is 61.4 Å². The third-order valence-electron chi connectivity index (χ3n) is 16.0. The number of piperidine rings is 1. The summed E-state index contributed by atoms with van der Waals surface area (Å²) in [5, 5.41) is 27.0. The van der Waals surface area contributed by atoms with E-state index in [1.807, 2.05) is 31.9 Å². The van der Waals surface area contributed by atoms with E-state index >= 15 is 4.79 Å². The summed E-state index contributed by atoms with van der Waals surface area (Å²) in [5.74, 6) is -1.58. The van der Waals surface area contributed by atoms with E-state index in [1.165, 1.54) is 21.1 Å². The minimum Gasteiger partial charge on any atom is -0.496 e. The van der Waals surface area contributed by atoms with E-state index in [4.69, 9.17) is 18.9 Å². The highest BCUT2D eigenvalue weighted by atomic mass is 33.1. The largest absolute Gasteiger partial charge is 0.496 e. The Balaban J connectivity index is 1.35. The van der Waals surface area contributed by atoms with Crippen molar-refractivity contribution in [2.24, 2.45) is 11.3 Å². The quantitative estimate of drug-likeness (QED) is 0.0924. The molecule has 6 aliphatic rings. The van der Waals surface area contributed by atoms with Crippen molar-refractivity contribution >= 4 is 56.1 Å². The molecule has 13 nitrogen and oxygen atoms in total. The second-order valence-electron chi connectivity index (χ2n) is 19.6. The molecule has 346 valence electrons. The normalized spacial score (nSPS) is 35.1. The van der Waals surface area contributed by atoms with Gasteiger partial charge in [-0.3, -0.25) is 19.4 Å². The van der Waals surface area contributed by atoms with Gasteiger partial charge in [0.25, 0.3) is 0 Å². The van der Waals surface area contributed by atoms with E-state index < -0.39 is 57.5 Å². The van der Waals surface area contributed by atoms with Gasteiger partial charge in [0.15, 0.2) is 6.10 Å². The molecule has 3 N–H and O–H groups in total. The first-order valence-corrected chi connectivity index (χ1v) is 25.1. The van der Waals surface area contributed by atoms with Crippen LogP contribution in [0.2, 0.25) is 0 Å². The molecule has 1 aliphatic carbocycles. The SMILES string of the molecule is CC[C@]1(O)C[C@H]2CN(CCc3c([nH]c4ccc(SSC(C)C)cc34)[C@@](C(=O)OC)(c3cc4c(cc3OC)N(C)[C@H]3[C@@](O)(C(=O)OC)[C@H](OC(C)=O)[C@]5(CC)C=CCN6CC[C@]43[C@@H]65)C2)C1. The number of aromatic amines is 1. The Bertz CT molecular complexity index is 2410. The van der Waals surface area contributed by atoms with Crippen LogP contribution in [0.1, 0.15) is 89.1 Å². The molecule has 0 amide bonds. The van der Waals surface area contributed by atoms with Gasteiger partial charge in [0.05, 0.1) is 33.0 Å². The van der Waals surface area contributed by atoms with Gasteiger partial charge < -0.3 is 39.0 Å². The third kappa shape index (κ3) is 6.37. The van der Waals surface area contributed by atoms with Gasteiger partial charge in [-0.15, -0.1) is 0 Å². The van der Waals surface area contributed by atoms with Crippen molar-refractivity contribution in [1.29, 1.82) is 0 Å². The smallest absolute Gasteiger partial charge is 0.344 e. The summed E-state index contributed by atoms with van der Waals surface area (Å²) in [6.45, 7) is 13.0. The number of nitrogens with one attached hydrogen (secondary N) is 1. The molecule has 1 unspecified atom stereocenters. The van der Waals surface area contributed by atoms with Gasteiger partial charge in [-0.05, 0) is 86.4 Å². The predicted molar refractivity (Wildman–Crippen MR) is 249 cm³/mol. The van der Waals surface area contributed by atoms with Crippen molar-refractivity contribution in [1.82, 2.24) is 14.8 Å². The Kier molecular flexibility index (Phi) is 11.5. The maximum atomic E-state index is 15.6. The molecule has 3 aromatic rings. The Hall–Kier alpha value is -3.73. The lowest BCUT2D eigenvalue weighted by molar-refractivity contribution is -0.228. The van der Waals surface area contributed by atoms with E-state index in [-0.39, 0.29) is 12.0 Å². The summed E-state index contributed by atoms with van der Waals surface area (Å²) >= 11 is 0. The van der Waals surface area contributed by atoms with Gasteiger partial charge in [0.1, 0.15) is 11.2 Å². The zero-order chi connectivity index (χ0) is 45.7. The number of aromatic nitrogens is 1. The number of ether oxygens (including phenoxy) is 4. The van der Waals surface area contributed by atoms with E-state index in [2.05, 4.69) is 65.0 Å². The van der Waals surface area contributed by atoms with E-state index in [0.717, 1.165) is 38.3 Å². The van der Waals surface area contributed by atoms with Crippen LogP contribution in [-0.4, -0.2) is 139 Å². The topological polar surface area (TPSA) is 154 Å². The summed E-state index contributed by atoms with van der Waals surface area (Å²) in [5.41, 5.74) is -1.69. The van der Waals surface area contributed by atoms with Gasteiger partial charge >= 0.3 is 17.9 Å². The number of H-pyrrole nitrogens is 1. The van der Waals surface area contributed by atoms with Crippen molar-refractivity contribution in [2.45, 2.75) is 124 Å². The number of rotatable bonds is 10. The molecular formula is C49H64N4O9S2. The van der Waals surface area contributed by atoms with E-state index in [9.17, 15) is 19.8 Å². The lowest BCUT2D eigenvalue weighted by Crippen LogP contribution is -2.81. The first kappa shape index (κ1) is 45.4. The molecule has 64 heavy (non-hydrogen) atoms. The number of anilines is 1. The lowest BCUT2D eigenvalue weighted by atomic mass is 9.47. The Morgan fingerprint density at radius 2 is 1.73 bits per heavy atom. The number of hydrogen-bond donors (Lipinski definition) is 3. The molecule has 10 atom stereocenters. The number of aliphatic hydroxyl groups is 2. The summed E-state index contributed by atoms with van der Waals surface area (Å²) < 4.78 is 24.1. The highest BCUT2D eigenvalue weighted by Crippen LogP contribution is 2.68. The molecular weight excluding hydrogens is 853 g/mol. The number of nitrogens with zero attached hydrogens (tertiary/aromatic N) is 3. The van der Waals surface area contributed by atoms with Crippen LogP contribution in [0.5, 0.6) is 5.75 Å². The minimum atomic E-state index is -2.31. The molecule has 2 bridgehead atoms. The molecule has 15 heteroatoms. The second kappa shape index (κ2) is 16.3. The molecule has 1 saturated carbocycles. The van der Waals surface area contributed by atoms with Crippen molar-refractivity contribution in [3.63, 3.8) is 0 Å². The molecule has 0 radical (unpaired) electrons. The Morgan fingerprint density at radius 1 is 0.969 bits per heavy atom. The molecule has 2 aromatic carbocycles. The summed E-state index contributed by atoms with van der Waals surface area (Å²) in [6.07, 6.45) is 5.91. The fraction of sp³-hybridized carbons (Fsp3) is 0.612. The highest BCUT2D eigenvalue weighted by molar-refractivity contribution is 8.76. The molecule has 9 rings (SSSR count). The maximum absolute atomic E-state index is 15.6. The zero-order valence-corrected chi connectivity index (χ0v) is 40.2. The number of methoxy groups -OCH3 is 3. The van der Waals surface area contributed by atoms with Crippen LogP contribution in [0.4, 0.5) is 5.69 Å². The number of carbonyl (C=O) groups is 3. The fourth-order valence-electron chi connectivity index (χ4n) is 13.7. The number of esters is 3. The van der Waals surface area contributed by atoms with E-state index in [1.54, 1.807) is 28.7 Å². The van der Waals surface area contributed by atoms with Gasteiger partial charge in [-0.25, -0.2) is 4.79 Å². The van der Waals surface area contributed by atoms with Crippen molar-refractivity contribution in [3.05, 3.63) is 64.9 Å². The second-order valence-corrected chi connectivity index (χ2v) is 22.4. The van der Waals surface area contributed by atoms with Crippen molar-refractivity contribution in [2.75, 3.05) is 66.0 Å². The van der Waals surface area contributed by atoms with Gasteiger partial charge in [-0.2, -0.15) is 0 Å². The van der Waals surface area contributed by atoms with Gasteiger partial charge in [0.2, 0.25) is 5.60 Å². The zero-order valence-electron chi connectivity index (χ0n) is 38.6. The van der Waals surface area contributed by atoms with Gasteiger partial charge in [0, 0.05) is 101 Å². The predicted octanol–water partition coefficient (Wildman–Crippen LogP) is 6.14. The van der Waals surface area contributed by atoms with Crippen LogP contribution in [0.15, 0.2) is 47.4 Å². The summed E-state index contributed by atoms with van der Waals surface area (Å²) in [4.78, 5) is 54.8. The molecule has 5 aliphatic heterocycles. The first-order valence-electron chi connectivity index (χ1n) is 22.9. The molecule has 2 saturated heterocycles. The van der Waals surface area contributed by atoms with Crippen LogP contribution in [0, 0.1) is 11.3 Å². The molecule has 1 aromatic heterocycles. The Labute approximate surface area is 384 Å². The Morgan fingerprint density at radius 3 is 2.41 bits per heavy atom. The number of likely N-dealkylation sites (N-methyl/N-ethyl adjacent to an activating group) is 1. The van der Waals surface area contributed by atoms with Crippen molar-refractivity contribution in [3.8, 4) is 5.75 Å². The average molecular weight is 917 g/mol. The average Bonchev–Trinajstić information content (AvgIpc) is 3.94. The lowest BCUT2D eigenvalue weighted by Gasteiger charge is -2.63. The minimum absolute atomic E-state index is 0.114. The van der Waals surface area contributed by atoms with Crippen LogP contribution in [-0.2, 0) is 45.8 Å². The molecule has 3 fully saturated rings. The number of benzene rings is 2. The maximum Gasteiger partial charge on any atom is 0.344 e. The third-order valence-corrected chi connectivity index (χ3v) is 18.9. The number of carbonyl (C=O) groups excluding carboxylic acids is 3. The van der Waals surface area contributed by atoms with Crippen LogP contribution in [0.3, 0.4) is 0 Å². The van der Waals surface area contributed by atoms with Crippen molar-refractivity contribution < 1.29 is 43.5 Å². The van der Waals surface area contributed by atoms with Crippen LogP contribution >= 0.6 is 21.6 Å². The van der Waals surface area contributed by atoms with Crippen LogP contribution < -0.4 is 9.64 Å².